The number of aliphatic hydroxyl groups excluding tert-OH is 3. The molecule has 2 fully saturated rings. The summed E-state index contributed by atoms with van der Waals surface area (Å²) >= 11 is 0. The molecule has 2 aromatic rings. The molecule has 2 aliphatic heterocycles. The van der Waals surface area contributed by atoms with Crippen molar-refractivity contribution in [1.82, 2.24) is 63.0 Å². The minimum atomic E-state index is -1.83. The van der Waals surface area contributed by atoms with Gasteiger partial charge in [0.05, 0.1) is 25.2 Å². The van der Waals surface area contributed by atoms with Crippen LogP contribution in [-0.4, -0.2) is 237 Å². The van der Waals surface area contributed by atoms with Crippen molar-refractivity contribution in [3.05, 3.63) is 71.8 Å². The van der Waals surface area contributed by atoms with Crippen LogP contribution in [0.2, 0.25) is 0 Å². The third-order valence-electron chi connectivity index (χ3n) is 18.1. The van der Waals surface area contributed by atoms with Crippen LogP contribution in [0.15, 0.2) is 60.7 Å². The summed E-state index contributed by atoms with van der Waals surface area (Å²) in [5, 5.41) is 67.2. The molecule has 0 aromatic heterocycles. The number of nitrogens with zero attached hydrogens (tertiary/aromatic N) is 2. The zero-order chi connectivity index (χ0) is 78.4. The number of aliphatic hydroxyl groups is 3. The Labute approximate surface area is 612 Å². The van der Waals surface area contributed by atoms with E-state index in [4.69, 9.17) is 22.9 Å². The zero-order valence-corrected chi connectivity index (χ0v) is 61.3. The average Bonchev–Trinajstić information content (AvgIpc) is 1.75. The van der Waals surface area contributed by atoms with Gasteiger partial charge in [0, 0.05) is 25.9 Å². The second-order valence-electron chi connectivity index (χ2n) is 28.0. The van der Waals surface area contributed by atoms with Gasteiger partial charge in [0.25, 0.3) is 0 Å². The fourth-order valence-corrected chi connectivity index (χ4v) is 12.3. The van der Waals surface area contributed by atoms with Crippen molar-refractivity contribution >= 4 is 82.8 Å². The number of amides is 13. The predicted molar refractivity (Wildman–Crippen MR) is 384 cm³/mol. The lowest BCUT2D eigenvalue weighted by molar-refractivity contribution is -0.145. The van der Waals surface area contributed by atoms with Crippen LogP contribution in [0.25, 0.3) is 0 Å². The van der Waals surface area contributed by atoms with Crippen LogP contribution in [0.1, 0.15) is 144 Å². The third-order valence-corrected chi connectivity index (χ3v) is 18.1. The zero-order valence-electron chi connectivity index (χ0n) is 61.3. The van der Waals surface area contributed by atoms with Gasteiger partial charge in [0.2, 0.25) is 76.8 Å². The Bertz CT molecular complexity index is 3260. The first kappa shape index (κ1) is 88.2. The molecule has 105 heavy (non-hydrogen) atoms. The summed E-state index contributed by atoms with van der Waals surface area (Å²) in [6.07, 6.45) is -1.65. The third kappa shape index (κ3) is 28.0. The highest BCUT2D eigenvalue weighted by atomic mass is 16.4. The molecule has 2 heterocycles. The number of carbonyl (C=O) groups is 14. The molecule has 22 N–H and O–H groups in total. The van der Waals surface area contributed by atoms with E-state index >= 15 is 0 Å². The Hall–Kier alpha value is -9.22. The van der Waals surface area contributed by atoms with E-state index in [1.165, 1.54) is 39.5 Å². The quantitative estimate of drug-likeness (QED) is 0.0281. The highest BCUT2D eigenvalue weighted by Crippen LogP contribution is 2.23. The highest BCUT2D eigenvalue weighted by molar-refractivity contribution is 6.01. The number of carboxylic acid groups (broad SMARTS) is 1. The van der Waals surface area contributed by atoms with Crippen molar-refractivity contribution in [2.24, 2.45) is 40.7 Å². The molecule has 2 saturated heterocycles. The van der Waals surface area contributed by atoms with Gasteiger partial charge in [0.15, 0.2) is 0 Å². The van der Waals surface area contributed by atoms with Crippen molar-refractivity contribution in [2.75, 3.05) is 32.8 Å². The number of hydrogen-bond donors (Lipinski definition) is 18. The SMILES string of the molecule is CC(C)C[C@H](NC(=O)[C@@H](NC(=O)[C@@H](NC(=O)[C@@H](NC(=O)[C@@H](NC(=O)[C@H](CC(N)=O)NC(=O)[C@@H]1CCCN1C(=O)[C@@H](N)CO)C(C)C)[C@@H](C)O)C(C)C)[C@@H](C)O)C(=O)N[C@@H](CCCCN)C(=O)N[C@@H](CCCCN)C(=O)N[C@@H](Cc1ccccc1)C(=O)N1CCC[C@H]1C(=O)N[C@@H](Cc1ccccc1)C(=O)O. The van der Waals surface area contributed by atoms with Crippen LogP contribution >= 0.6 is 0 Å². The molecule has 34 nitrogen and oxygen atoms in total. The van der Waals surface area contributed by atoms with E-state index < -0.39 is 198 Å². The summed E-state index contributed by atoms with van der Waals surface area (Å²) in [6, 6.07) is -1.21. The van der Waals surface area contributed by atoms with Crippen LogP contribution in [0, 0.1) is 17.8 Å². The number of rotatable bonds is 44. The van der Waals surface area contributed by atoms with Crippen LogP contribution in [0.4, 0.5) is 0 Å². The molecule has 584 valence electrons. The summed E-state index contributed by atoms with van der Waals surface area (Å²) < 4.78 is 0. The fraction of sp³-hybridized carbons (Fsp3) is 0.634. The first-order chi connectivity index (χ1) is 49.6. The number of carboxylic acids is 1. The Kier molecular flexibility index (Phi) is 36.9. The van der Waals surface area contributed by atoms with Gasteiger partial charge < -0.3 is 106 Å². The number of aliphatic carboxylic acids is 1. The fourth-order valence-electron chi connectivity index (χ4n) is 12.3. The van der Waals surface area contributed by atoms with E-state index in [9.17, 15) is 87.5 Å². The second kappa shape index (κ2) is 43.9. The lowest BCUT2D eigenvalue weighted by Gasteiger charge is -2.31. The molecule has 0 bridgehead atoms. The molecule has 34 heteroatoms. The number of nitrogens with two attached hydrogens (primary N) is 4. The Morgan fingerprint density at radius 2 is 0.819 bits per heavy atom. The maximum Gasteiger partial charge on any atom is 0.326 e. The van der Waals surface area contributed by atoms with Gasteiger partial charge >= 0.3 is 5.97 Å². The smallest absolute Gasteiger partial charge is 0.326 e. The topological polar surface area (TPSA) is 551 Å². The largest absolute Gasteiger partial charge is 0.480 e. The van der Waals surface area contributed by atoms with Gasteiger partial charge in [-0.1, -0.05) is 102 Å². The Morgan fingerprint density at radius 3 is 1.22 bits per heavy atom. The normalized spacial score (nSPS) is 18.0. The van der Waals surface area contributed by atoms with Gasteiger partial charge in [-0.05, 0) is 126 Å². The molecule has 13 amide bonds. The molecular weight excluding hydrogens is 1360 g/mol. The molecule has 0 spiro atoms. The number of benzene rings is 2. The number of primary amides is 1. The average molecular weight is 1480 g/mol. The molecular formula is C71H112N16O18. The Morgan fingerprint density at radius 1 is 0.457 bits per heavy atom. The van der Waals surface area contributed by atoms with Gasteiger partial charge in [-0.15, -0.1) is 0 Å². The summed E-state index contributed by atoms with van der Waals surface area (Å²) in [7, 11) is 0. The van der Waals surface area contributed by atoms with Crippen molar-refractivity contribution in [2.45, 2.75) is 236 Å². The summed E-state index contributed by atoms with van der Waals surface area (Å²) in [6.45, 7) is 11.8. The molecule has 15 atom stereocenters. The monoisotopic (exact) mass is 1480 g/mol. The van der Waals surface area contributed by atoms with Crippen molar-refractivity contribution in [3.8, 4) is 0 Å². The van der Waals surface area contributed by atoms with Crippen LogP contribution in [0.3, 0.4) is 0 Å². The maximum absolute atomic E-state index is 14.8. The van der Waals surface area contributed by atoms with E-state index in [1.807, 2.05) is 0 Å². The van der Waals surface area contributed by atoms with E-state index in [0.717, 1.165) is 11.8 Å². The molecule has 4 rings (SSSR count). The number of nitrogens with one attached hydrogen (secondary N) is 10. The molecule has 2 aromatic carbocycles. The molecule has 0 radical (unpaired) electrons. The summed E-state index contributed by atoms with van der Waals surface area (Å²) in [5.41, 5.74) is 24.2. The first-order valence-corrected chi connectivity index (χ1v) is 36.0. The molecule has 0 aliphatic carbocycles. The van der Waals surface area contributed by atoms with Crippen molar-refractivity contribution in [3.63, 3.8) is 0 Å². The first-order valence-electron chi connectivity index (χ1n) is 36.0. The van der Waals surface area contributed by atoms with Crippen LogP contribution in [-0.2, 0) is 80.0 Å². The van der Waals surface area contributed by atoms with Gasteiger partial charge in [-0.25, -0.2) is 4.79 Å². The lowest BCUT2D eigenvalue weighted by Crippen LogP contribution is -2.64. The van der Waals surface area contributed by atoms with Crippen molar-refractivity contribution in [1.29, 1.82) is 0 Å². The second-order valence-corrected chi connectivity index (χ2v) is 28.0. The molecule has 0 unspecified atom stereocenters. The minimum Gasteiger partial charge on any atom is -0.480 e. The maximum atomic E-state index is 14.8. The van der Waals surface area contributed by atoms with E-state index in [2.05, 4.69) is 53.2 Å². The molecule has 2 aliphatic rings. The molecule has 0 saturated carbocycles. The van der Waals surface area contributed by atoms with Crippen molar-refractivity contribution < 1.29 is 87.5 Å². The highest BCUT2D eigenvalue weighted by Gasteiger charge is 2.43. The predicted octanol–water partition coefficient (Wildman–Crippen LogP) is -4.04. The summed E-state index contributed by atoms with van der Waals surface area (Å²) in [5.74, 6) is -14.9. The Balaban J connectivity index is 1.53. The summed E-state index contributed by atoms with van der Waals surface area (Å²) in [4.78, 5) is 197. The van der Waals surface area contributed by atoms with Gasteiger partial charge in [0.1, 0.15) is 78.5 Å². The minimum absolute atomic E-state index is 0.0136. The van der Waals surface area contributed by atoms with E-state index in [0.29, 0.717) is 49.7 Å². The van der Waals surface area contributed by atoms with Crippen LogP contribution in [0.5, 0.6) is 0 Å². The van der Waals surface area contributed by atoms with E-state index in [-0.39, 0.29) is 77.0 Å². The van der Waals surface area contributed by atoms with Gasteiger partial charge in [-0.2, -0.15) is 0 Å². The standard InChI is InChI=1S/C71H112N16O18/c1-38(2)33-48(79-67(100)57(41(7)89)84-66(99)56(40(5)6)83-68(101)58(42(8)90)85-65(98)55(39(3)4)82-62(95)49(36-54(75)91)78-63(96)52-27-19-31-86(52)69(102)45(74)37-88)61(94)77-46(25-15-17-29-72)59(92)76-47(26-16-18-30-73)60(93)80-50(34-43-21-11-9-12-22-43)70(103)87-32-20-28-53(87)64(97)81-51(71(104)105)35-44-23-13-10-14-24-44/h9-14,21-24,38-42,45-53,55-58,88-90H,15-20,25-37,72-74H2,1-8H3,(H2,75,91)(H,76,92)(H,77,94)(H,78,96)(H,79,100)(H,80,93)(H,81,97)(H,82,95)(H,83,101)(H,84,99)(H,85,98)(H,104,105)/t41-,42-,45+,46+,47+,48+,49+,50+,51+,52+,53+,55+,56+,57+,58+/m1/s1. The number of carbonyl (C=O) groups excluding carboxylic acids is 13. The number of likely N-dealkylation sites (tertiary alicyclic amines) is 2. The number of hydrogen-bond acceptors (Lipinski definition) is 20. The van der Waals surface area contributed by atoms with Gasteiger partial charge in [-0.3, -0.25) is 62.3 Å². The van der Waals surface area contributed by atoms with E-state index in [1.54, 1.807) is 74.5 Å². The lowest BCUT2D eigenvalue weighted by atomic mass is 9.99. The number of unbranched alkanes of at least 4 members (excludes halogenated alkanes) is 2. The van der Waals surface area contributed by atoms with Crippen LogP contribution < -0.4 is 76.1 Å².